The van der Waals surface area contributed by atoms with Crippen molar-refractivity contribution >= 4 is 0 Å². The molecule has 0 spiro atoms. The van der Waals surface area contributed by atoms with Gasteiger partial charge in [-0.1, -0.05) is 0 Å². The molecule has 23 heavy (non-hydrogen) atoms. The summed E-state index contributed by atoms with van der Waals surface area (Å²) in [5.41, 5.74) is 2.74. The highest BCUT2D eigenvalue weighted by Gasteiger charge is 2.16. The molecule has 3 rings (SSSR count). The Morgan fingerprint density at radius 1 is 1.30 bits per heavy atom. The fourth-order valence-electron chi connectivity index (χ4n) is 2.66. The largest absolute Gasteiger partial charge is 0.506 e. The van der Waals surface area contributed by atoms with Gasteiger partial charge >= 0.3 is 0 Å². The van der Waals surface area contributed by atoms with E-state index in [2.05, 4.69) is 4.98 Å². The van der Waals surface area contributed by atoms with E-state index in [-0.39, 0.29) is 24.5 Å². The molecule has 1 unspecified atom stereocenters. The molecule has 2 heterocycles. The molecule has 1 fully saturated rings. The van der Waals surface area contributed by atoms with E-state index in [9.17, 15) is 9.50 Å². The van der Waals surface area contributed by atoms with Gasteiger partial charge in [0.2, 0.25) is 0 Å². The summed E-state index contributed by atoms with van der Waals surface area (Å²) in [6.07, 6.45) is 2.77. The second-order valence-electron chi connectivity index (χ2n) is 5.71. The molecule has 0 amide bonds. The Hall–Kier alpha value is -1.98. The van der Waals surface area contributed by atoms with E-state index in [1.807, 2.05) is 0 Å². The maximum Gasteiger partial charge on any atom is 0.158 e. The summed E-state index contributed by atoms with van der Waals surface area (Å²) < 4.78 is 24.9. The van der Waals surface area contributed by atoms with Crippen LogP contribution in [0, 0.1) is 12.7 Å². The summed E-state index contributed by atoms with van der Waals surface area (Å²) in [4.78, 5) is 4.37. The van der Waals surface area contributed by atoms with Crippen LogP contribution in [0.1, 0.15) is 30.5 Å². The molecule has 0 bridgehead atoms. The molecule has 0 saturated carbocycles. The number of hydrogen-bond acceptors (Lipinski definition) is 4. The fourth-order valence-corrected chi connectivity index (χ4v) is 2.66. The van der Waals surface area contributed by atoms with Gasteiger partial charge in [0.25, 0.3) is 0 Å². The molecule has 5 heteroatoms. The maximum atomic E-state index is 13.6. The van der Waals surface area contributed by atoms with Crippen molar-refractivity contribution in [3.05, 3.63) is 47.4 Å². The topological polar surface area (TPSA) is 51.6 Å². The first-order valence-corrected chi connectivity index (χ1v) is 7.82. The van der Waals surface area contributed by atoms with Crippen molar-refractivity contribution in [3.8, 4) is 17.0 Å². The molecule has 1 saturated heterocycles. The molecular formula is C18H20FNO3. The average Bonchev–Trinajstić information content (AvgIpc) is 2.57. The number of pyridine rings is 1. The lowest BCUT2D eigenvalue weighted by molar-refractivity contribution is -0.168. The zero-order chi connectivity index (χ0) is 16.2. The summed E-state index contributed by atoms with van der Waals surface area (Å²) >= 11 is 0. The standard InChI is InChI=1S/C18H20FNO3/c1-12-17(21)8-7-16(20-12)15-6-5-14(19)10-13(15)11-23-18-4-2-3-9-22-18/h5-8,10,18,21H,2-4,9,11H2,1H3. The van der Waals surface area contributed by atoms with Crippen molar-refractivity contribution in [1.82, 2.24) is 4.98 Å². The van der Waals surface area contributed by atoms with Gasteiger partial charge in [0.05, 0.1) is 18.0 Å². The van der Waals surface area contributed by atoms with Crippen LogP contribution in [0.3, 0.4) is 0 Å². The molecular weight excluding hydrogens is 297 g/mol. The van der Waals surface area contributed by atoms with Crippen LogP contribution >= 0.6 is 0 Å². The van der Waals surface area contributed by atoms with E-state index >= 15 is 0 Å². The van der Waals surface area contributed by atoms with Gasteiger partial charge in [0, 0.05) is 12.2 Å². The van der Waals surface area contributed by atoms with E-state index in [4.69, 9.17) is 9.47 Å². The molecule has 122 valence electrons. The normalized spacial score (nSPS) is 18.1. The van der Waals surface area contributed by atoms with E-state index < -0.39 is 0 Å². The van der Waals surface area contributed by atoms with Crippen molar-refractivity contribution in [2.45, 2.75) is 39.1 Å². The lowest BCUT2D eigenvalue weighted by Crippen LogP contribution is -2.22. The third kappa shape index (κ3) is 3.86. The number of rotatable bonds is 4. The van der Waals surface area contributed by atoms with Crippen LogP contribution in [0.5, 0.6) is 5.75 Å². The number of aromatic hydroxyl groups is 1. The van der Waals surface area contributed by atoms with Crippen LogP contribution in [-0.2, 0) is 16.1 Å². The zero-order valence-electron chi connectivity index (χ0n) is 13.1. The van der Waals surface area contributed by atoms with E-state index in [1.54, 1.807) is 25.1 Å². The molecule has 1 N–H and O–H groups in total. The van der Waals surface area contributed by atoms with Crippen LogP contribution in [0.25, 0.3) is 11.3 Å². The maximum absolute atomic E-state index is 13.6. The Kier molecular flexibility index (Phi) is 4.88. The van der Waals surface area contributed by atoms with E-state index in [0.29, 0.717) is 18.0 Å². The Bertz CT molecular complexity index is 684. The number of benzene rings is 1. The predicted molar refractivity (Wildman–Crippen MR) is 84.4 cm³/mol. The monoisotopic (exact) mass is 317 g/mol. The third-order valence-electron chi connectivity index (χ3n) is 3.96. The predicted octanol–water partition coefficient (Wildman–Crippen LogP) is 3.94. The first kappa shape index (κ1) is 15.9. The Balaban J connectivity index is 1.83. The highest BCUT2D eigenvalue weighted by Crippen LogP contribution is 2.27. The Morgan fingerprint density at radius 3 is 2.91 bits per heavy atom. The third-order valence-corrected chi connectivity index (χ3v) is 3.96. The van der Waals surface area contributed by atoms with Crippen molar-refractivity contribution < 1.29 is 19.0 Å². The summed E-state index contributed by atoms with van der Waals surface area (Å²) in [5.74, 6) is -0.170. The number of halogens is 1. The molecule has 0 aliphatic carbocycles. The molecule has 1 aliphatic rings. The van der Waals surface area contributed by atoms with Gasteiger partial charge in [-0.3, -0.25) is 0 Å². The Labute approximate surface area is 134 Å². The van der Waals surface area contributed by atoms with E-state index in [1.165, 1.54) is 12.1 Å². The first-order chi connectivity index (χ1) is 11.1. The quantitative estimate of drug-likeness (QED) is 0.928. The Morgan fingerprint density at radius 2 is 2.17 bits per heavy atom. The van der Waals surface area contributed by atoms with Gasteiger partial charge in [-0.05, 0) is 62.1 Å². The van der Waals surface area contributed by atoms with Crippen LogP contribution in [0.15, 0.2) is 30.3 Å². The van der Waals surface area contributed by atoms with Gasteiger partial charge in [0.1, 0.15) is 11.6 Å². The number of aryl methyl sites for hydroxylation is 1. The van der Waals surface area contributed by atoms with Gasteiger partial charge in [-0.2, -0.15) is 0 Å². The lowest BCUT2D eigenvalue weighted by atomic mass is 10.0. The zero-order valence-corrected chi connectivity index (χ0v) is 13.1. The summed E-state index contributed by atoms with van der Waals surface area (Å²) in [6.45, 7) is 2.70. The molecule has 1 aromatic carbocycles. The van der Waals surface area contributed by atoms with Gasteiger partial charge in [-0.25, -0.2) is 9.37 Å². The number of nitrogens with zero attached hydrogens (tertiary/aromatic N) is 1. The molecule has 1 aliphatic heterocycles. The molecule has 1 atom stereocenters. The number of aromatic nitrogens is 1. The average molecular weight is 317 g/mol. The SMILES string of the molecule is Cc1nc(-c2ccc(F)cc2COC2CCCCO2)ccc1O. The van der Waals surface area contributed by atoms with Crippen molar-refractivity contribution in [2.75, 3.05) is 6.61 Å². The minimum atomic E-state index is -0.313. The van der Waals surface area contributed by atoms with Crippen LogP contribution in [0.2, 0.25) is 0 Å². The van der Waals surface area contributed by atoms with Crippen molar-refractivity contribution in [1.29, 1.82) is 0 Å². The minimum Gasteiger partial charge on any atom is -0.506 e. The molecule has 0 radical (unpaired) electrons. The highest BCUT2D eigenvalue weighted by molar-refractivity contribution is 5.64. The number of ether oxygens (including phenoxy) is 2. The van der Waals surface area contributed by atoms with Gasteiger partial charge < -0.3 is 14.6 Å². The summed E-state index contributed by atoms with van der Waals surface area (Å²) in [5, 5.41) is 9.61. The second-order valence-corrected chi connectivity index (χ2v) is 5.71. The summed E-state index contributed by atoms with van der Waals surface area (Å²) in [7, 11) is 0. The molecule has 2 aromatic rings. The highest BCUT2D eigenvalue weighted by atomic mass is 19.1. The second kappa shape index (κ2) is 7.06. The first-order valence-electron chi connectivity index (χ1n) is 7.82. The van der Waals surface area contributed by atoms with Crippen LogP contribution < -0.4 is 0 Å². The smallest absolute Gasteiger partial charge is 0.158 e. The van der Waals surface area contributed by atoms with Crippen LogP contribution in [0.4, 0.5) is 4.39 Å². The summed E-state index contributed by atoms with van der Waals surface area (Å²) in [6, 6.07) is 7.86. The van der Waals surface area contributed by atoms with Gasteiger partial charge in [0.15, 0.2) is 6.29 Å². The number of hydrogen-bond donors (Lipinski definition) is 1. The molecule has 1 aromatic heterocycles. The minimum absolute atomic E-state index is 0.143. The van der Waals surface area contributed by atoms with E-state index in [0.717, 1.165) is 30.4 Å². The fraction of sp³-hybridized carbons (Fsp3) is 0.389. The van der Waals surface area contributed by atoms with Gasteiger partial charge in [-0.15, -0.1) is 0 Å². The van der Waals surface area contributed by atoms with Crippen molar-refractivity contribution in [2.24, 2.45) is 0 Å². The van der Waals surface area contributed by atoms with Crippen LogP contribution in [-0.4, -0.2) is 23.0 Å². The molecule has 4 nitrogen and oxygen atoms in total. The lowest BCUT2D eigenvalue weighted by Gasteiger charge is -2.23. The van der Waals surface area contributed by atoms with Crippen molar-refractivity contribution in [3.63, 3.8) is 0 Å².